The van der Waals surface area contributed by atoms with Crippen molar-refractivity contribution in [2.45, 2.75) is 11.6 Å². The zero-order chi connectivity index (χ0) is 18.6. The van der Waals surface area contributed by atoms with Crippen molar-refractivity contribution in [2.24, 2.45) is 0 Å². The SMILES string of the molecule is CN(Cc1ccsc1)C(=O)CSc1ncnc2sc(-c3ccccc3)cc12. The first-order valence-electron chi connectivity index (χ1n) is 8.38. The van der Waals surface area contributed by atoms with Gasteiger partial charge in [0.1, 0.15) is 16.2 Å². The van der Waals surface area contributed by atoms with E-state index in [1.54, 1.807) is 33.9 Å². The Bertz CT molecular complexity index is 1040. The molecule has 0 bridgehead atoms. The zero-order valence-corrected chi connectivity index (χ0v) is 17.1. The van der Waals surface area contributed by atoms with Gasteiger partial charge in [-0.2, -0.15) is 11.3 Å². The summed E-state index contributed by atoms with van der Waals surface area (Å²) in [5.74, 6) is 0.458. The lowest BCUT2D eigenvalue weighted by Crippen LogP contribution is -2.27. The fraction of sp³-hybridized carbons (Fsp3) is 0.150. The van der Waals surface area contributed by atoms with Gasteiger partial charge >= 0.3 is 0 Å². The number of nitrogens with zero attached hydrogens (tertiary/aromatic N) is 3. The number of fused-ring (bicyclic) bond motifs is 1. The molecule has 4 rings (SSSR count). The minimum Gasteiger partial charge on any atom is -0.341 e. The average molecular weight is 412 g/mol. The molecule has 1 aromatic carbocycles. The van der Waals surface area contributed by atoms with Crippen LogP contribution < -0.4 is 0 Å². The van der Waals surface area contributed by atoms with Crippen molar-refractivity contribution >= 4 is 50.6 Å². The van der Waals surface area contributed by atoms with Crippen molar-refractivity contribution in [1.82, 2.24) is 14.9 Å². The highest BCUT2D eigenvalue weighted by Crippen LogP contribution is 2.36. The predicted molar refractivity (Wildman–Crippen MR) is 114 cm³/mol. The van der Waals surface area contributed by atoms with Gasteiger partial charge in [0.05, 0.1) is 5.75 Å². The Hall–Kier alpha value is -2.22. The van der Waals surface area contributed by atoms with Gasteiger partial charge in [0.2, 0.25) is 5.91 Å². The second kappa shape index (κ2) is 8.21. The summed E-state index contributed by atoms with van der Waals surface area (Å²) in [5, 5.41) is 5.97. The van der Waals surface area contributed by atoms with Gasteiger partial charge in [0.15, 0.2) is 0 Å². The highest BCUT2D eigenvalue weighted by Gasteiger charge is 2.14. The molecule has 0 radical (unpaired) electrons. The fourth-order valence-electron chi connectivity index (χ4n) is 2.68. The molecular formula is C20H17N3OS3. The summed E-state index contributed by atoms with van der Waals surface area (Å²) in [7, 11) is 1.84. The Kier molecular flexibility index (Phi) is 5.52. The lowest BCUT2D eigenvalue weighted by Gasteiger charge is -2.16. The maximum atomic E-state index is 12.5. The lowest BCUT2D eigenvalue weighted by molar-refractivity contribution is -0.127. The van der Waals surface area contributed by atoms with Crippen LogP contribution in [0.3, 0.4) is 0 Å². The zero-order valence-electron chi connectivity index (χ0n) is 14.7. The third-order valence-electron chi connectivity index (χ3n) is 4.11. The molecule has 0 N–H and O–H groups in total. The number of carbonyl (C=O) groups is 1. The van der Waals surface area contributed by atoms with E-state index < -0.39 is 0 Å². The summed E-state index contributed by atoms with van der Waals surface area (Å²) in [6.45, 7) is 0.638. The third-order valence-corrected chi connectivity index (χ3v) is 6.92. The topological polar surface area (TPSA) is 46.1 Å². The molecule has 0 aliphatic carbocycles. The van der Waals surface area contributed by atoms with Crippen LogP contribution in [0.25, 0.3) is 20.7 Å². The average Bonchev–Trinajstić information content (AvgIpc) is 3.36. The Labute approximate surface area is 169 Å². The number of rotatable bonds is 6. The molecule has 0 saturated carbocycles. The molecule has 27 heavy (non-hydrogen) atoms. The van der Waals surface area contributed by atoms with Gasteiger partial charge in [-0.05, 0) is 34.0 Å². The normalized spacial score (nSPS) is 11.0. The van der Waals surface area contributed by atoms with E-state index in [0.29, 0.717) is 12.3 Å². The number of amides is 1. The van der Waals surface area contributed by atoms with Gasteiger partial charge in [-0.25, -0.2) is 9.97 Å². The van der Waals surface area contributed by atoms with Gasteiger partial charge in [0, 0.05) is 23.9 Å². The fourth-order valence-corrected chi connectivity index (χ4v) is 5.32. The number of benzene rings is 1. The van der Waals surface area contributed by atoms with Crippen LogP contribution in [-0.2, 0) is 11.3 Å². The summed E-state index contributed by atoms with van der Waals surface area (Å²) in [6.07, 6.45) is 1.58. The highest BCUT2D eigenvalue weighted by atomic mass is 32.2. The van der Waals surface area contributed by atoms with E-state index in [-0.39, 0.29) is 5.91 Å². The molecule has 4 aromatic rings. The molecule has 4 nitrogen and oxygen atoms in total. The molecule has 7 heteroatoms. The van der Waals surface area contributed by atoms with Crippen LogP contribution in [0.1, 0.15) is 5.56 Å². The Morgan fingerprint density at radius 1 is 1.19 bits per heavy atom. The Morgan fingerprint density at radius 3 is 2.81 bits per heavy atom. The second-order valence-corrected chi connectivity index (χ2v) is 8.82. The standard InChI is InChI=1S/C20H17N3OS3/c1-23(10-14-7-8-25-11-14)18(24)12-26-19-16-9-17(15-5-3-2-4-6-15)27-20(16)22-13-21-19/h2-9,11,13H,10,12H2,1H3. The van der Waals surface area contributed by atoms with Crippen molar-refractivity contribution in [3.05, 3.63) is 65.1 Å². The van der Waals surface area contributed by atoms with Crippen LogP contribution in [0.2, 0.25) is 0 Å². The summed E-state index contributed by atoms with van der Waals surface area (Å²) in [4.78, 5) is 25.2. The minimum absolute atomic E-state index is 0.0940. The third kappa shape index (κ3) is 4.21. The predicted octanol–water partition coefficient (Wildman–Crippen LogP) is 5.17. The molecule has 136 valence electrons. The molecular weight excluding hydrogens is 394 g/mol. The number of thiophene rings is 2. The maximum absolute atomic E-state index is 12.5. The van der Waals surface area contributed by atoms with Gasteiger partial charge in [-0.15, -0.1) is 11.3 Å². The molecule has 0 fully saturated rings. The Balaban J connectivity index is 1.49. The van der Waals surface area contributed by atoms with E-state index in [0.717, 1.165) is 25.7 Å². The van der Waals surface area contributed by atoms with Crippen LogP contribution in [0.5, 0.6) is 0 Å². The summed E-state index contributed by atoms with van der Waals surface area (Å²) < 4.78 is 0. The highest BCUT2D eigenvalue weighted by molar-refractivity contribution is 8.00. The number of hydrogen-bond donors (Lipinski definition) is 0. The van der Waals surface area contributed by atoms with E-state index in [2.05, 4.69) is 33.5 Å². The molecule has 0 aliphatic heterocycles. The van der Waals surface area contributed by atoms with E-state index in [4.69, 9.17) is 0 Å². The molecule has 1 amide bonds. The lowest BCUT2D eigenvalue weighted by atomic mass is 10.2. The number of thioether (sulfide) groups is 1. The first kappa shape index (κ1) is 18.2. The number of aromatic nitrogens is 2. The first-order valence-corrected chi connectivity index (χ1v) is 11.1. The van der Waals surface area contributed by atoms with Gasteiger partial charge in [0.25, 0.3) is 0 Å². The van der Waals surface area contributed by atoms with E-state index >= 15 is 0 Å². The van der Waals surface area contributed by atoms with Crippen LogP contribution in [0.15, 0.2) is 64.6 Å². The second-order valence-electron chi connectivity index (χ2n) is 6.04. The first-order chi connectivity index (χ1) is 13.2. The van der Waals surface area contributed by atoms with Crippen LogP contribution in [0, 0.1) is 0 Å². The van der Waals surface area contributed by atoms with Gasteiger partial charge in [-0.1, -0.05) is 42.1 Å². The minimum atomic E-state index is 0.0940. The van der Waals surface area contributed by atoms with E-state index in [9.17, 15) is 4.79 Å². The van der Waals surface area contributed by atoms with Crippen molar-refractivity contribution in [3.8, 4) is 10.4 Å². The number of carbonyl (C=O) groups excluding carboxylic acids is 1. The van der Waals surface area contributed by atoms with Crippen LogP contribution in [-0.4, -0.2) is 33.6 Å². The van der Waals surface area contributed by atoms with Crippen molar-refractivity contribution in [2.75, 3.05) is 12.8 Å². The van der Waals surface area contributed by atoms with Crippen molar-refractivity contribution < 1.29 is 4.79 Å². The molecule has 3 aromatic heterocycles. The summed E-state index contributed by atoms with van der Waals surface area (Å²) >= 11 is 4.77. The quantitative estimate of drug-likeness (QED) is 0.324. The molecule has 0 saturated heterocycles. The largest absolute Gasteiger partial charge is 0.341 e. The number of hydrogen-bond acceptors (Lipinski definition) is 6. The molecule has 3 heterocycles. The van der Waals surface area contributed by atoms with Gasteiger partial charge in [-0.3, -0.25) is 4.79 Å². The summed E-state index contributed by atoms with van der Waals surface area (Å²) in [5.41, 5.74) is 2.33. The van der Waals surface area contributed by atoms with E-state index in [1.807, 2.05) is 36.7 Å². The molecule has 0 unspecified atom stereocenters. The molecule has 0 atom stereocenters. The van der Waals surface area contributed by atoms with Crippen LogP contribution in [0.4, 0.5) is 0 Å². The van der Waals surface area contributed by atoms with Gasteiger partial charge < -0.3 is 4.90 Å². The molecule has 0 spiro atoms. The van der Waals surface area contributed by atoms with Crippen molar-refractivity contribution in [3.63, 3.8) is 0 Å². The Morgan fingerprint density at radius 2 is 2.04 bits per heavy atom. The maximum Gasteiger partial charge on any atom is 0.233 e. The summed E-state index contributed by atoms with van der Waals surface area (Å²) in [6, 6.07) is 14.4. The monoisotopic (exact) mass is 411 g/mol. The van der Waals surface area contributed by atoms with Crippen molar-refractivity contribution in [1.29, 1.82) is 0 Å². The smallest absolute Gasteiger partial charge is 0.233 e. The van der Waals surface area contributed by atoms with E-state index in [1.165, 1.54) is 17.3 Å². The molecule has 0 aliphatic rings. The van der Waals surface area contributed by atoms with Crippen LogP contribution >= 0.6 is 34.4 Å².